The first kappa shape index (κ1) is 14.3. The number of hydrogen-bond acceptors (Lipinski definition) is 2. The van der Waals surface area contributed by atoms with Crippen LogP contribution in [0.3, 0.4) is 0 Å². The highest BCUT2D eigenvalue weighted by atomic mass is 16.1. The standard InChI is InChI=1S/C16H21N3O/c1-5-17-16(20)14-12(4)18-19(15(14)11(2)3)13-9-7-6-8-10-13/h6-11H,5H2,1-4H3,(H,17,20). The molecular weight excluding hydrogens is 250 g/mol. The zero-order valence-electron chi connectivity index (χ0n) is 12.5. The number of amides is 1. The number of nitrogens with one attached hydrogen (secondary N) is 1. The predicted octanol–water partition coefficient (Wildman–Crippen LogP) is 3.05. The highest BCUT2D eigenvalue weighted by molar-refractivity contribution is 5.96. The van der Waals surface area contributed by atoms with Crippen molar-refractivity contribution in [3.05, 3.63) is 47.3 Å². The molecule has 0 radical (unpaired) electrons. The molecule has 4 nitrogen and oxygen atoms in total. The Morgan fingerprint density at radius 3 is 2.50 bits per heavy atom. The third-order valence-corrected chi connectivity index (χ3v) is 3.21. The minimum absolute atomic E-state index is 0.0455. The zero-order valence-corrected chi connectivity index (χ0v) is 12.5. The summed E-state index contributed by atoms with van der Waals surface area (Å²) in [5.41, 5.74) is 3.41. The molecular formula is C16H21N3O. The molecule has 0 aliphatic carbocycles. The maximum Gasteiger partial charge on any atom is 0.255 e. The van der Waals surface area contributed by atoms with Crippen molar-refractivity contribution in [1.82, 2.24) is 15.1 Å². The number of rotatable bonds is 4. The summed E-state index contributed by atoms with van der Waals surface area (Å²) in [6, 6.07) is 9.92. The van der Waals surface area contributed by atoms with Crippen LogP contribution >= 0.6 is 0 Å². The second-order valence-corrected chi connectivity index (χ2v) is 5.11. The molecule has 1 N–H and O–H groups in total. The molecule has 4 heteroatoms. The van der Waals surface area contributed by atoms with E-state index >= 15 is 0 Å². The number of para-hydroxylation sites is 1. The fourth-order valence-electron chi connectivity index (χ4n) is 2.37. The number of nitrogens with zero attached hydrogens (tertiary/aromatic N) is 2. The van der Waals surface area contributed by atoms with Crippen LogP contribution in [-0.4, -0.2) is 22.2 Å². The van der Waals surface area contributed by atoms with Crippen molar-refractivity contribution in [3.8, 4) is 5.69 Å². The van der Waals surface area contributed by atoms with Crippen LogP contribution in [0.1, 0.15) is 48.4 Å². The van der Waals surface area contributed by atoms with Crippen LogP contribution in [0.5, 0.6) is 0 Å². The van der Waals surface area contributed by atoms with Gasteiger partial charge in [0.25, 0.3) is 5.91 Å². The molecule has 0 fully saturated rings. The monoisotopic (exact) mass is 271 g/mol. The van der Waals surface area contributed by atoms with Gasteiger partial charge in [-0.2, -0.15) is 5.10 Å². The van der Waals surface area contributed by atoms with Crippen LogP contribution < -0.4 is 5.32 Å². The molecule has 0 atom stereocenters. The Morgan fingerprint density at radius 1 is 1.30 bits per heavy atom. The quantitative estimate of drug-likeness (QED) is 0.929. The lowest BCUT2D eigenvalue weighted by Crippen LogP contribution is -2.24. The molecule has 2 aromatic rings. The Labute approximate surface area is 119 Å². The number of carbonyl (C=O) groups is 1. The van der Waals surface area contributed by atoms with Gasteiger partial charge in [0.1, 0.15) is 0 Å². The lowest BCUT2D eigenvalue weighted by Gasteiger charge is -2.12. The van der Waals surface area contributed by atoms with Crippen LogP contribution in [0.4, 0.5) is 0 Å². The van der Waals surface area contributed by atoms with E-state index in [2.05, 4.69) is 24.3 Å². The van der Waals surface area contributed by atoms with Crippen LogP contribution in [0, 0.1) is 6.92 Å². The third kappa shape index (κ3) is 2.59. The largest absolute Gasteiger partial charge is 0.352 e. The normalized spacial score (nSPS) is 10.8. The molecule has 20 heavy (non-hydrogen) atoms. The van der Waals surface area contributed by atoms with Gasteiger partial charge in [-0.1, -0.05) is 32.0 Å². The molecule has 0 saturated heterocycles. The van der Waals surface area contributed by atoms with E-state index in [1.165, 1.54) is 0 Å². The van der Waals surface area contributed by atoms with E-state index in [0.717, 1.165) is 17.1 Å². The number of aryl methyl sites for hydroxylation is 1. The van der Waals surface area contributed by atoms with Crippen molar-refractivity contribution in [2.45, 2.75) is 33.6 Å². The first-order valence-electron chi connectivity index (χ1n) is 6.99. The minimum atomic E-state index is -0.0455. The summed E-state index contributed by atoms with van der Waals surface area (Å²) in [5, 5.41) is 7.43. The van der Waals surface area contributed by atoms with Gasteiger partial charge in [-0.15, -0.1) is 0 Å². The molecule has 1 heterocycles. The maximum absolute atomic E-state index is 12.3. The van der Waals surface area contributed by atoms with Gasteiger partial charge in [-0.3, -0.25) is 4.79 Å². The molecule has 2 rings (SSSR count). The van der Waals surface area contributed by atoms with Gasteiger partial charge in [-0.05, 0) is 31.9 Å². The molecule has 0 aliphatic rings. The molecule has 0 unspecified atom stereocenters. The van der Waals surface area contributed by atoms with E-state index in [9.17, 15) is 4.79 Å². The molecule has 0 spiro atoms. The smallest absolute Gasteiger partial charge is 0.255 e. The second kappa shape index (κ2) is 5.90. The number of aromatic nitrogens is 2. The van der Waals surface area contributed by atoms with Crippen molar-refractivity contribution in [2.75, 3.05) is 6.54 Å². The predicted molar refractivity (Wildman–Crippen MR) is 80.4 cm³/mol. The fraction of sp³-hybridized carbons (Fsp3) is 0.375. The summed E-state index contributed by atoms with van der Waals surface area (Å²) in [7, 11) is 0. The summed E-state index contributed by atoms with van der Waals surface area (Å²) in [5.74, 6) is 0.171. The van der Waals surface area contributed by atoms with E-state index in [1.807, 2.05) is 48.9 Å². The van der Waals surface area contributed by atoms with Gasteiger partial charge in [-0.25, -0.2) is 4.68 Å². The van der Waals surface area contributed by atoms with E-state index in [-0.39, 0.29) is 11.8 Å². The molecule has 0 bridgehead atoms. The summed E-state index contributed by atoms with van der Waals surface area (Å²) in [6.45, 7) is 8.59. The summed E-state index contributed by atoms with van der Waals surface area (Å²) in [4.78, 5) is 12.3. The Balaban J connectivity index is 2.60. The van der Waals surface area contributed by atoms with Gasteiger partial charge in [0, 0.05) is 6.54 Å². The second-order valence-electron chi connectivity index (χ2n) is 5.11. The van der Waals surface area contributed by atoms with Crippen molar-refractivity contribution >= 4 is 5.91 Å². The first-order valence-corrected chi connectivity index (χ1v) is 6.99. The lowest BCUT2D eigenvalue weighted by atomic mass is 10.0. The molecule has 1 aromatic carbocycles. The number of carbonyl (C=O) groups excluding carboxylic acids is 1. The first-order chi connectivity index (χ1) is 9.56. The highest BCUT2D eigenvalue weighted by Gasteiger charge is 2.23. The van der Waals surface area contributed by atoms with Gasteiger partial charge in [0.15, 0.2) is 0 Å². The summed E-state index contributed by atoms with van der Waals surface area (Å²) < 4.78 is 1.88. The molecule has 1 aromatic heterocycles. The van der Waals surface area contributed by atoms with E-state index in [4.69, 9.17) is 0 Å². The molecule has 0 aliphatic heterocycles. The van der Waals surface area contributed by atoms with Crippen molar-refractivity contribution in [3.63, 3.8) is 0 Å². The van der Waals surface area contributed by atoms with E-state index < -0.39 is 0 Å². The molecule has 1 amide bonds. The zero-order chi connectivity index (χ0) is 14.7. The Morgan fingerprint density at radius 2 is 1.95 bits per heavy atom. The Kier molecular flexibility index (Phi) is 4.23. The Hall–Kier alpha value is -2.10. The van der Waals surface area contributed by atoms with E-state index in [0.29, 0.717) is 12.1 Å². The summed E-state index contributed by atoms with van der Waals surface area (Å²) >= 11 is 0. The molecule has 0 saturated carbocycles. The van der Waals surface area contributed by atoms with Crippen LogP contribution in [0.25, 0.3) is 5.69 Å². The number of hydrogen-bond donors (Lipinski definition) is 1. The van der Waals surface area contributed by atoms with Crippen LogP contribution in [-0.2, 0) is 0 Å². The number of benzene rings is 1. The van der Waals surface area contributed by atoms with Crippen LogP contribution in [0.2, 0.25) is 0 Å². The summed E-state index contributed by atoms with van der Waals surface area (Å²) in [6.07, 6.45) is 0. The average Bonchev–Trinajstić information content (AvgIpc) is 2.78. The van der Waals surface area contributed by atoms with Gasteiger partial charge >= 0.3 is 0 Å². The molecule has 106 valence electrons. The average molecular weight is 271 g/mol. The van der Waals surface area contributed by atoms with Gasteiger partial charge < -0.3 is 5.32 Å². The van der Waals surface area contributed by atoms with E-state index in [1.54, 1.807) is 0 Å². The van der Waals surface area contributed by atoms with Crippen LogP contribution in [0.15, 0.2) is 30.3 Å². The highest BCUT2D eigenvalue weighted by Crippen LogP contribution is 2.25. The van der Waals surface area contributed by atoms with Crippen molar-refractivity contribution in [1.29, 1.82) is 0 Å². The minimum Gasteiger partial charge on any atom is -0.352 e. The van der Waals surface area contributed by atoms with Crippen molar-refractivity contribution < 1.29 is 4.79 Å². The SMILES string of the molecule is CCNC(=O)c1c(C)nn(-c2ccccc2)c1C(C)C. The maximum atomic E-state index is 12.3. The third-order valence-electron chi connectivity index (χ3n) is 3.21. The van der Waals surface area contributed by atoms with Gasteiger partial charge in [0.05, 0.1) is 22.6 Å². The van der Waals surface area contributed by atoms with Crippen molar-refractivity contribution in [2.24, 2.45) is 0 Å². The van der Waals surface area contributed by atoms with Gasteiger partial charge in [0.2, 0.25) is 0 Å². The topological polar surface area (TPSA) is 46.9 Å². The Bertz CT molecular complexity index is 600. The lowest BCUT2D eigenvalue weighted by molar-refractivity contribution is 0.0954. The fourth-order valence-corrected chi connectivity index (χ4v) is 2.37.